The molecule has 1 aliphatic heterocycles. The molecule has 2 amide bonds. The van der Waals surface area contributed by atoms with Crippen LogP contribution in [0.25, 0.3) is 17.4 Å². The van der Waals surface area contributed by atoms with Crippen molar-refractivity contribution in [2.75, 3.05) is 4.90 Å². The first-order valence-corrected chi connectivity index (χ1v) is 10.1. The van der Waals surface area contributed by atoms with Crippen LogP contribution in [-0.2, 0) is 9.59 Å². The maximum absolute atomic E-state index is 13.1. The molecule has 0 unspecified atom stereocenters. The van der Waals surface area contributed by atoms with E-state index in [9.17, 15) is 19.5 Å². The fraction of sp³-hybridized carbons (Fsp3) is 0. The van der Waals surface area contributed by atoms with Gasteiger partial charge in [0.15, 0.2) is 5.11 Å². The van der Waals surface area contributed by atoms with Gasteiger partial charge in [-0.15, -0.1) is 0 Å². The first kappa shape index (κ1) is 20.7. The average Bonchev–Trinajstić information content (AvgIpc) is 3.20. The molecule has 2 aromatic carbocycles. The Kier molecular flexibility index (Phi) is 5.53. The third kappa shape index (κ3) is 4.18. The van der Waals surface area contributed by atoms with E-state index in [-0.39, 0.29) is 21.9 Å². The van der Waals surface area contributed by atoms with E-state index < -0.39 is 17.8 Å². The molecule has 1 aliphatic rings. The molecule has 9 heteroatoms. The lowest BCUT2D eigenvalue weighted by atomic mass is 10.1. The van der Waals surface area contributed by atoms with Gasteiger partial charge >= 0.3 is 5.97 Å². The molecule has 0 radical (unpaired) electrons. The SMILES string of the molecule is O=C1NC(=S)N(c2cccc(C(=O)O)c2)C(=O)C1=Cc1ccc(-c2ccc(Br)cc2)o1. The third-order valence-corrected chi connectivity index (χ3v) is 5.31. The van der Waals surface area contributed by atoms with E-state index in [1.807, 2.05) is 24.3 Å². The number of nitrogens with zero attached hydrogens (tertiary/aromatic N) is 1. The van der Waals surface area contributed by atoms with Crippen molar-refractivity contribution in [3.8, 4) is 11.3 Å². The van der Waals surface area contributed by atoms with Gasteiger partial charge in [-0.2, -0.15) is 0 Å². The van der Waals surface area contributed by atoms with Crippen molar-refractivity contribution in [2.45, 2.75) is 0 Å². The number of carbonyl (C=O) groups excluding carboxylic acids is 2. The van der Waals surface area contributed by atoms with Crippen molar-refractivity contribution >= 4 is 62.8 Å². The van der Waals surface area contributed by atoms with Gasteiger partial charge in [0.25, 0.3) is 11.8 Å². The van der Waals surface area contributed by atoms with Gasteiger partial charge in [0.1, 0.15) is 17.1 Å². The van der Waals surface area contributed by atoms with Gasteiger partial charge in [-0.25, -0.2) is 4.79 Å². The summed E-state index contributed by atoms with van der Waals surface area (Å²) in [5, 5.41) is 11.5. The molecule has 2 heterocycles. The first-order valence-electron chi connectivity index (χ1n) is 8.94. The lowest BCUT2D eigenvalue weighted by Gasteiger charge is -2.28. The molecule has 0 spiro atoms. The monoisotopic (exact) mass is 496 g/mol. The van der Waals surface area contributed by atoms with Gasteiger partial charge in [-0.1, -0.05) is 34.1 Å². The molecule has 0 bridgehead atoms. The average molecular weight is 497 g/mol. The lowest BCUT2D eigenvalue weighted by molar-refractivity contribution is -0.122. The number of anilines is 1. The molecule has 0 aliphatic carbocycles. The number of hydrogen-bond donors (Lipinski definition) is 2. The highest BCUT2D eigenvalue weighted by Crippen LogP contribution is 2.27. The summed E-state index contributed by atoms with van der Waals surface area (Å²) in [7, 11) is 0. The summed E-state index contributed by atoms with van der Waals surface area (Å²) in [6.07, 6.45) is 1.33. The molecular weight excluding hydrogens is 484 g/mol. The summed E-state index contributed by atoms with van der Waals surface area (Å²) in [5.74, 6) is -1.61. The number of furan rings is 1. The topological polar surface area (TPSA) is 99.9 Å². The molecule has 3 aromatic rings. The zero-order chi connectivity index (χ0) is 22.1. The number of nitrogens with one attached hydrogen (secondary N) is 1. The zero-order valence-electron chi connectivity index (χ0n) is 15.7. The maximum Gasteiger partial charge on any atom is 0.335 e. The fourth-order valence-corrected chi connectivity index (χ4v) is 3.56. The van der Waals surface area contributed by atoms with Crippen molar-refractivity contribution in [2.24, 2.45) is 0 Å². The molecule has 7 nitrogen and oxygen atoms in total. The van der Waals surface area contributed by atoms with E-state index in [2.05, 4.69) is 21.2 Å². The number of thiocarbonyl (C=S) groups is 1. The van der Waals surface area contributed by atoms with Crippen LogP contribution < -0.4 is 10.2 Å². The number of halogens is 1. The zero-order valence-corrected chi connectivity index (χ0v) is 18.1. The number of carboxylic acids is 1. The molecule has 4 rings (SSSR count). The highest BCUT2D eigenvalue weighted by atomic mass is 79.9. The smallest absolute Gasteiger partial charge is 0.335 e. The van der Waals surface area contributed by atoms with E-state index in [1.54, 1.807) is 12.1 Å². The van der Waals surface area contributed by atoms with Crippen LogP contribution in [0.5, 0.6) is 0 Å². The molecule has 1 aromatic heterocycles. The maximum atomic E-state index is 13.1. The number of carboxylic acid groups (broad SMARTS) is 1. The van der Waals surface area contributed by atoms with Gasteiger partial charge in [0.2, 0.25) is 0 Å². The van der Waals surface area contributed by atoms with Crippen LogP contribution in [0.1, 0.15) is 16.1 Å². The standard InChI is InChI=1S/C22H13BrN2O5S/c23-14-6-4-12(5-7-14)18-9-8-16(30-18)11-17-19(26)24-22(31)25(20(17)27)15-3-1-2-13(10-15)21(28)29/h1-11H,(H,28,29)(H,24,26,31). The summed E-state index contributed by atoms with van der Waals surface area (Å²) >= 11 is 8.51. The molecule has 0 atom stereocenters. The number of amides is 2. The third-order valence-electron chi connectivity index (χ3n) is 4.50. The van der Waals surface area contributed by atoms with Crippen molar-refractivity contribution in [3.63, 3.8) is 0 Å². The Hall–Kier alpha value is -3.56. The van der Waals surface area contributed by atoms with E-state index >= 15 is 0 Å². The van der Waals surface area contributed by atoms with Gasteiger partial charge in [0.05, 0.1) is 11.3 Å². The predicted octanol–water partition coefficient (Wildman–Crippen LogP) is 4.24. The van der Waals surface area contributed by atoms with Gasteiger partial charge in [-0.3, -0.25) is 19.8 Å². The van der Waals surface area contributed by atoms with Crippen LogP contribution in [0, 0.1) is 0 Å². The van der Waals surface area contributed by atoms with Gasteiger partial charge < -0.3 is 9.52 Å². The Morgan fingerprint density at radius 1 is 1.10 bits per heavy atom. The normalized spacial score (nSPS) is 15.3. The van der Waals surface area contributed by atoms with Crippen molar-refractivity contribution < 1.29 is 23.9 Å². The van der Waals surface area contributed by atoms with Crippen molar-refractivity contribution in [3.05, 3.63) is 82.0 Å². The van der Waals surface area contributed by atoms with E-state index in [1.165, 1.54) is 30.3 Å². The Bertz CT molecular complexity index is 1260. The van der Waals surface area contributed by atoms with Crippen LogP contribution in [0.4, 0.5) is 5.69 Å². The van der Waals surface area contributed by atoms with E-state index in [4.69, 9.17) is 16.6 Å². The highest BCUT2D eigenvalue weighted by molar-refractivity contribution is 9.10. The number of carbonyl (C=O) groups is 3. The van der Waals surface area contributed by atoms with Crippen molar-refractivity contribution in [1.29, 1.82) is 0 Å². The Morgan fingerprint density at radius 2 is 1.84 bits per heavy atom. The molecule has 2 N–H and O–H groups in total. The summed E-state index contributed by atoms with van der Waals surface area (Å²) < 4.78 is 6.70. The Balaban J connectivity index is 1.67. The Morgan fingerprint density at radius 3 is 2.55 bits per heavy atom. The van der Waals surface area contributed by atoms with Crippen LogP contribution in [0.3, 0.4) is 0 Å². The minimum absolute atomic E-state index is 0.0132. The molecule has 154 valence electrons. The largest absolute Gasteiger partial charge is 0.478 e. The van der Waals surface area contributed by atoms with Crippen LogP contribution in [-0.4, -0.2) is 28.0 Å². The molecule has 31 heavy (non-hydrogen) atoms. The summed E-state index contributed by atoms with van der Waals surface area (Å²) in [6, 6.07) is 16.6. The lowest BCUT2D eigenvalue weighted by Crippen LogP contribution is -2.54. The molecule has 1 saturated heterocycles. The fourth-order valence-electron chi connectivity index (χ4n) is 3.01. The summed E-state index contributed by atoms with van der Waals surface area (Å²) in [5.41, 5.74) is 0.864. The van der Waals surface area contributed by atoms with Gasteiger partial charge in [0, 0.05) is 10.0 Å². The molecule has 1 fully saturated rings. The minimum Gasteiger partial charge on any atom is -0.478 e. The van der Waals surface area contributed by atoms with Crippen LogP contribution in [0.2, 0.25) is 0 Å². The number of aromatic carboxylic acids is 1. The van der Waals surface area contributed by atoms with Gasteiger partial charge in [-0.05, 0) is 60.8 Å². The summed E-state index contributed by atoms with van der Waals surface area (Å²) in [6.45, 7) is 0. The molecular formula is C22H13BrN2O5S. The van der Waals surface area contributed by atoms with E-state index in [0.717, 1.165) is 14.9 Å². The first-order chi connectivity index (χ1) is 14.8. The van der Waals surface area contributed by atoms with Crippen molar-refractivity contribution in [1.82, 2.24) is 5.32 Å². The number of hydrogen-bond acceptors (Lipinski definition) is 5. The second-order valence-electron chi connectivity index (χ2n) is 6.52. The Labute approximate surface area is 190 Å². The second-order valence-corrected chi connectivity index (χ2v) is 7.82. The van der Waals surface area contributed by atoms with Crippen LogP contribution in [0.15, 0.2) is 75.1 Å². The molecule has 0 saturated carbocycles. The quantitative estimate of drug-likeness (QED) is 0.318. The van der Waals surface area contributed by atoms with Crippen LogP contribution >= 0.6 is 28.1 Å². The second kappa shape index (κ2) is 8.29. The minimum atomic E-state index is -1.15. The number of benzene rings is 2. The highest BCUT2D eigenvalue weighted by Gasteiger charge is 2.35. The summed E-state index contributed by atoms with van der Waals surface area (Å²) in [4.78, 5) is 37.8. The van der Waals surface area contributed by atoms with E-state index in [0.29, 0.717) is 11.5 Å². The number of rotatable bonds is 4. The predicted molar refractivity (Wildman–Crippen MR) is 121 cm³/mol.